The zero-order chi connectivity index (χ0) is 19.2. The van der Waals surface area contributed by atoms with Gasteiger partial charge in [-0.3, -0.25) is 9.69 Å². The minimum atomic E-state index is -0.114. The maximum Gasteiger partial charge on any atom is 0.321 e. The third kappa shape index (κ3) is 5.08. The van der Waals surface area contributed by atoms with E-state index in [-0.39, 0.29) is 18.0 Å². The van der Waals surface area contributed by atoms with Gasteiger partial charge in [-0.15, -0.1) is 11.3 Å². The van der Waals surface area contributed by atoms with Gasteiger partial charge < -0.3 is 15.1 Å². The predicted molar refractivity (Wildman–Crippen MR) is 109 cm³/mol. The maximum absolute atomic E-state index is 12.6. The summed E-state index contributed by atoms with van der Waals surface area (Å²) >= 11 is 1.71. The monoisotopic (exact) mass is 386 g/mol. The zero-order valence-electron chi connectivity index (χ0n) is 15.8. The van der Waals surface area contributed by atoms with Crippen LogP contribution in [0.2, 0.25) is 0 Å². The van der Waals surface area contributed by atoms with Gasteiger partial charge in [0.25, 0.3) is 0 Å². The lowest BCUT2D eigenvalue weighted by Crippen LogP contribution is -2.53. The molecule has 2 heterocycles. The molecule has 1 fully saturated rings. The van der Waals surface area contributed by atoms with Gasteiger partial charge >= 0.3 is 6.03 Å². The molecule has 1 saturated heterocycles. The van der Waals surface area contributed by atoms with Crippen LogP contribution in [0.3, 0.4) is 0 Å². The van der Waals surface area contributed by atoms with E-state index in [0.717, 1.165) is 5.69 Å². The van der Waals surface area contributed by atoms with E-state index in [1.807, 2.05) is 48.3 Å². The number of thiophene rings is 1. The van der Waals surface area contributed by atoms with Gasteiger partial charge in [-0.2, -0.15) is 0 Å². The molecule has 27 heavy (non-hydrogen) atoms. The second kappa shape index (κ2) is 9.01. The first-order chi connectivity index (χ1) is 13.0. The highest BCUT2D eigenvalue weighted by molar-refractivity contribution is 7.10. The number of likely N-dealkylation sites (N-methyl/N-ethyl adjacent to an activating group) is 1. The summed E-state index contributed by atoms with van der Waals surface area (Å²) in [5.41, 5.74) is 0.783. The fourth-order valence-electron chi connectivity index (χ4n) is 3.08. The van der Waals surface area contributed by atoms with Gasteiger partial charge in [-0.1, -0.05) is 24.3 Å². The molecule has 1 atom stereocenters. The molecular formula is C20H26N4O2S. The van der Waals surface area contributed by atoms with Crippen molar-refractivity contribution in [2.24, 2.45) is 0 Å². The Morgan fingerprint density at radius 1 is 1.07 bits per heavy atom. The second-order valence-corrected chi connectivity index (χ2v) is 7.75. The Balaban J connectivity index is 1.45. The third-order valence-corrected chi connectivity index (χ3v) is 5.99. The normalized spacial score (nSPS) is 15.7. The SMILES string of the molecule is CC(c1cccs1)N(C)CC(=O)N1CCN(C(=O)Nc2ccccc2)CC1. The molecule has 1 unspecified atom stereocenters. The minimum absolute atomic E-state index is 0.114. The number of carbonyl (C=O) groups excluding carboxylic acids is 2. The van der Waals surface area contributed by atoms with E-state index in [0.29, 0.717) is 32.7 Å². The Kier molecular flexibility index (Phi) is 6.47. The van der Waals surface area contributed by atoms with E-state index in [1.165, 1.54) is 4.88 Å². The molecule has 3 amide bonds. The van der Waals surface area contributed by atoms with Crippen molar-refractivity contribution in [2.45, 2.75) is 13.0 Å². The number of nitrogens with zero attached hydrogens (tertiary/aromatic N) is 3. The summed E-state index contributed by atoms with van der Waals surface area (Å²) in [7, 11) is 1.98. The summed E-state index contributed by atoms with van der Waals surface area (Å²) in [5.74, 6) is 0.115. The molecule has 7 heteroatoms. The average molecular weight is 387 g/mol. The lowest BCUT2D eigenvalue weighted by Gasteiger charge is -2.36. The lowest BCUT2D eigenvalue weighted by atomic mass is 10.2. The van der Waals surface area contributed by atoms with Crippen LogP contribution < -0.4 is 5.32 Å². The number of rotatable bonds is 5. The van der Waals surface area contributed by atoms with Crippen molar-refractivity contribution in [1.29, 1.82) is 0 Å². The smallest absolute Gasteiger partial charge is 0.321 e. The van der Waals surface area contributed by atoms with Gasteiger partial charge in [0.15, 0.2) is 0 Å². The van der Waals surface area contributed by atoms with Crippen LogP contribution in [0.5, 0.6) is 0 Å². The van der Waals surface area contributed by atoms with Crippen molar-refractivity contribution < 1.29 is 9.59 Å². The van der Waals surface area contributed by atoms with Crippen LogP contribution in [-0.4, -0.2) is 66.4 Å². The minimum Gasteiger partial charge on any atom is -0.338 e. The highest BCUT2D eigenvalue weighted by atomic mass is 32.1. The van der Waals surface area contributed by atoms with Crippen molar-refractivity contribution in [1.82, 2.24) is 14.7 Å². The summed E-state index contributed by atoms with van der Waals surface area (Å²) in [6, 6.07) is 13.6. The molecular weight excluding hydrogens is 360 g/mol. The van der Waals surface area contributed by atoms with Crippen molar-refractivity contribution in [3.8, 4) is 0 Å². The van der Waals surface area contributed by atoms with E-state index in [1.54, 1.807) is 16.2 Å². The number of para-hydroxylation sites is 1. The Bertz CT molecular complexity index is 743. The summed E-state index contributed by atoms with van der Waals surface area (Å²) in [6.07, 6.45) is 0. The van der Waals surface area contributed by atoms with Crippen molar-refractivity contribution in [3.63, 3.8) is 0 Å². The van der Waals surface area contributed by atoms with Crippen LogP contribution in [0.1, 0.15) is 17.8 Å². The number of anilines is 1. The summed E-state index contributed by atoms with van der Waals surface area (Å²) in [4.78, 5) is 31.9. The quantitative estimate of drug-likeness (QED) is 0.859. The Morgan fingerprint density at radius 3 is 2.37 bits per heavy atom. The molecule has 1 aromatic heterocycles. The van der Waals surface area contributed by atoms with Gasteiger partial charge in [0.1, 0.15) is 0 Å². The molecule has 3 rings (SSSR count). The molecule has 6 nitrogen and oxygen atoms in total. The first kappa shape index (κ1) is 19.4. The fraction of sp³-hybridized carbons (Fsp3) is 0.400. The number of amides is 3. The molecule has 0 radical (unpaired) electrons. The number of benzene rings is 1. The van der Waals surface area contributed by atoms with E-state index in [9.17, 15) is 9.59 Å². The molecule has 0 saturated carbocycles. The topological polar surface area (TPSA) is 55.9 Å². The number of nitrogens with one attached hydrogen (secondary N) is 1. The maximum atomic E-state index is 12.6. The summed E-state index contributed by atoms with van der Waals surface area (Å²) in [6.45, 7) is 4.74. The molecule has 1 aliphatic heterocycles. The third-order valence-electron chi connectivity index (χ3n) is 4.95. The van der Waals surface area contributed by atoms with Crippen LogP contribution in [0.25, 0.3) is 0 Å². The lowest BCUT2D eigenvalue weighted by molar-refractivity contribution is -0.133. The first-order valence-corrected chi connectivity index (χ1v) is 10.0. The first-order valence-electron chi connectivity index (χ1n) is 9.17. The molecule has 1 aliphatic rings. The summed E-state index contributed by atoms with van der Waals surface area (Å²) in [5, 5.41) is 4.95. The Hall–Kier alpha value is -2.38. The molecule has 144 valence electrons. The second-order valence-electron chi connectivity index (χ2n) is 6.77. The van der Waals surface area contributed by atoms with Gasteiger partial charge in [0.2, 0.25) is 5.91 Å². The predicted octanol–water partition coefficient (Wildman–Crippen LogP) is 3.12. The molecule has 1 aromatic carbocycles. The van der Waals surface area contributed by atoms with Crippen LogP contribution in [-0.2, 0) is 4.79 Å². The van der Waals surface area contributed by atoms with Crippen LogP contribution >= 0.6 is 11.3 Å². The number of piperazine rings is 1. The van der Waals surface area contributed by atoms with Crippen molar-refractivity contribution in [2.75, 3.05) is 45.1 Å². The van der Waals surface area contributed by atoms with E-state index in [2.05, 4.69) is 28.6 Å². The van der Waals surface area contributed by atoms with Crippen molar-refractivity contribution in [3.05, 3.63) is 52.7 Å². The van der Waals surface area contributed by atoms with Gasteiger partial charge in [-0.05, 0) is 37.6 Å². The largest absolute Gasteiger partial charge is 0.338 e. The average Bonchev–Trinajstić information content (AvgIpc) is 3.23. The van der Waals surface area contributed by atoms with Crippen LogP contribution in [0.15, 0.2) is 47.8 Å². The van der Waals surface area contributed by atoms with E-state index in [4.69, 9.17) is 0 Å². The number of carbonyl (C=O) groups is 2. The molecule has 0 aliphatic carbocycles. The van der Waals surface area contributed by atoms with Crippen molar-refractivity contribution >= 4 is 29.0 Å². The van der Waals surface area contributed by atoms with Gasteiger partial charge in [-0.25, -0.2) is 4.79 Å². The Labute approximate surface area is 164 Å². The van der Waals surface area contributed by atoms with Crippen LogP contribution in [0.4, 0.5) is 10.5 Å². The number of hydrogen-bond donors (Lipinski definition) is 1. The van der Waals surface area contributed by atoms with E-state index < -0.39 is 0 Å². The molecule has 2 aromatic rings. The van der Waals surface area contributed by atoms with Crippen LogP contribution in [0, 0.1) is 0 Å². The van der Waals surface area contributed by atoms with Gasteiger partial charge in [0.05, 0.1) is 6.54 Å². The molecule has 0 bridgehead atoms. The van der Waals surface area contributed by atoms with Gasteiger partial charge in [0, 0.05) is 42.8 Å². The zero-order valence-corrected chi connectivity index (χ0v) is 16.6. The number of urea groups is 1. The molecule has 0 spiro atoms. The number of hydrogen-bond acceptors (Lipinski definition) is 4. The molecule has 1 N–H and O–H groups in total. The fourth-order valence-corrected chi connectivity index (χ4v) is 3.93. The Morgan fingerprint density at radius 2 is 1.74 bits per heavy atom. The standard InChI is InChI=1S/C20H26N4O2S/c1-16(18-9-6-14-27-18)22(2)15-19(25)23-10-12-24(13-11-23)20(26)21-17-7-4-3-5-8-17/h3-9,14,16H,10-13,15H2,1-2H3,(H,21,26). The summed E-state index contributed by atoms with van der Waals surface area (Å²) < 4.78 is 0. The highest BCUT2D eigenvalue weighted by Gasteiger charge is 2.25. The van der Waals surface area contributed by atoms with E-state index >= 15 is 0 Å². The highest BCUT2D eigenvalue weighted by Crippen LogP contribution is 2.23.